The topological polar surface area (TPSA) is 52.7 Å². The lowest BCUT2D eigenvalue weighted by molar-refractivity contribution is -0.128. The van der Waals surface area contributed by atoms with E-state index in [1.165, 1.54) is 23.9 Å². The first-order valence-corrected chi connectivity index (χ1v) is 8.92. The zero-order valence-corrected chi connectivity index (χ0v) is 15.3. The smallest absolute Gasteiger partial charge is 0.317 e. The molecule has 1 aliphatic rings. The number of carbonyl (C=O) groups excluding carboxylic acids is 2. The van der Waals surface area contributed by atoms with Crippen molar-refractivity contribution in [2.24, 2.45) is 0 Å². The molecule has 1 fully saturated rings. The molecular weight excluding hydrogens is 329 g/mol. The number of nitrogens with zero attached hydrogens (tertiary/aromatic N) is 2. The van der Waals surface area contributed by atoms with E-state index in [0.717, 1.165) is 5.56 Å². The summed E-state index contributed by atoms with van der Waals surface area (Å²) in [6.07, 6.45) is 0. The van der Waals surface area contributed by atoms with Crippen molar-refractivity contribution in [3.63, 3.8) is 0 Å². The summed E-state index contributed by atoms with van der Waals surface area (Å²) in [6.45, 7) is 6.64. The van der Waals surface area contributed by atoms with Crippen LogP contribution in [0.4, 0.5) is 9.18 Å². The van der Waals surface area contributed by atoms with E-state index in [1.807, 2.05) is 20.8 Å². The average Bonchev–Trinajstić information content (AvgIpc) is 2.85. The van der Waals surface area contributed by atoms with Crippen LogP contribution in [0.5, 0.6) is 0 Å². The molecule has 1 heterocycles. The predicted octanol–water partition coefficient (Wildman–Crippen LogP) is 2.84. The van der Waals surface area contributed by atoms with Crippen molar-refractivity contribution in [2.45, 2.75) is 31.7 Å². The molecule has 0 saturated carbocycles. The molecule has 0 spiro atoms. The molecule has 5 nitrogen and oxygen atoms in total. The highest BCUT2D eigenvalue weighted by Gasteiger charge is 2.33. The number of hydrogen-bond donors (Lipinski definition) is 1. The van der Waals surface area contributed by atoms with Crippen molar-refractivity contribution in [2.75, 3.05) is 25.9 Å². The van der Waals surface area contributed by atoms with Gasteiger partial charge in [0, 0.05) is 25.7 Å². The molecule has 24 heavy (non-hydrogen) atoms. The van der Waals surface area contributed by atoms with E-state index >= 15 is 0 Å². The molecule has 2 rings (SSSR count). The summed E-state index contributed by atoms with van der Waals surface area (Å²) in [6, 6.07) is 6.04. The number of rotatable bonds is 4. The summed E-state index contributed by atoms with van der Waals surface area (Å²) in [7, 11) is 1.71. The number of hydrogen-bond acceptors (Lipinski definition) is 3. The fraction of sp³-hybridized carbons (Fsp3) is 0.529. The van der Waals surface area contributed by atoms with Gasteiger partial charge in [0.05, 0.1) is 5.75 Å². The standard InChI is InChI=1S/C17H24FN3O2S/c1-17(2,3)19-16(23)20(4)9-10-21-14(22)11-24-15(21)12-5-7-13(18)8-6-12/h5-8,15H,9-11H2,1-4H3,(H,19,23)/t15-/m1/s1. The van der Waals surface area contributed by atoms with Crippen molar-refractivity contribution in [3.8, 4) is 0 Å². The van der Waals surface area contributed by atoms with Gasteiger partial charge in [0.2, 0.25) is 5.91 Å². The first-order chi connectivity index (χ1) is 11.2. The van der Waals surface area contributed by atoms with Crippen molar-refractivity contribution in [3.05, 3.63) is 35.6 Å². The Balaban J connectivity index is 1.97. The second-order valence-corrected chi connectivity index (χ2v) is 7.97. The number of benzene rings is 1. The normalized spacial score (nSPS) is 18.0. The molecule has 1 aliphatic heterocycles. The molecule has 0 aliphatic carbocycles. The Bertz CT molecular complexity index is 601. The summed E-state index contributed by atoms with van der Waals surface area (Å²) in [5.74, 6) is 0.150. The van der Waals surface area contributed by atoms with Gasteiger partial charge in [0.25, 0.3) is 0 Å². The summed E-state index contributed by atoms with van der Waals surface area (Å²) in [5.41, 5.74) is 0.593. The molecule has 0 unspecified atom stereocenters. The molecule has 1 atom stereocenters. The van der Waals surface area contributed by atoms with Crippen LogP contribution in [-0.4, -0.2) is 53.2 Å². The number of amides is 3. The van der Waals surface area contributed by atoms with Crippen molar-refractivity contribution >= 4 is 23.7 Å². The zero-order valence-electron chi connectivity index (χ0n) is 14.5. The summed E-state index contributed by atoms with van der Waals surface area (Å²) in [4.78, 5) is 27.6. The molecule has 1 aromatic rings. The average molecular weight is 353 g/mol. The fourth-order valence-corrected chi connectivity index (χ4v) is 3.59. The van der Waals surface area contributed by atoms with Crippen LogP contribution >= 0.6 is 11.8 Å². The van der Waals surface area contributed by atoms with Crippen LogP contribution in [0, 0.1) is 5.82 Å². The maximum absolute atomic E-state index is 13.1. The molecular formula is C17H24FN3O2S. The quantitative estimate of drug-likeness (QED) is 0.906. The highest BCUT2D eigenvalue weighted by Crippen LogP contribution is 2.38. The Kier molecular flexibility index (Phi) is 5.74. The van der Waals surface area contributed by atoms with Crippen LogP contribution in [0.15, 0.2) is 24.3 Å². The van der Waals surface area contributed by atoms with E-state index in [2.05, 4.69) is 5.32 Å². The lowest BCUT2D eigenvalue weighted by atomic mass is 10.1. The number of urea groups is 1. The number of thioether (sulfide) groups is 1. The highest BCUT2D eigenvalue weighted by atomic mass is 32.2. The predicted molar refractivity (Wildman–Crippen MR) is 94.2 cm³/mol. The Morgan fingerprint density at radius 3 is 2.58 bits per heavy atom. The van der Waals surface area contributed by atoms with Gasteiger partial charge in [0.1, 0.15) is 11.2 Å². The van der Waals surface area contributed by atoms with Crippen LogP contribution in [0.1, 0.15) is 31.7 Å². The Morgan fingerprint density at radius 2 is 2.00 bits per heavy atom. The van der Waals surface area contributed by atoms with Gasteiger partial charge < -0.3 is 15.1 Å². The molecule has 1 N–H and O–H groups in total. The van der Waals surface area contributed by atoms with E-state index in [4.69, 9.17) is 0 Å². The third-order valence-corrected chi connectivity index (χ3v) is 4.88. The molecule has 1 saturated heterocycles. The largest absolute Gasteiger partial charge is 0.333 e. The van der Waals surface area contributed by atoms with Gasteiger partial charge in [0.15, 0.2) is 0 Å². The first kappa shape index (κ1) is 18.6. The van der Waals surface area contributed by atoms with E-state index in [0.29, 0.717) is 18.8 Å². The van der Waals surface area contributed by atoms with Crippen LogP contribution in [-0.2, 0) is 4.79 Å². The molecule has 132 valence electrons. The lowest BCUT2D eigenvalue weighted by Gasteiger charge is -2.29. The zero-order chi connectivity index (χ0) is 17.9. The minimum absolute atomic E-state index is 0.0407. The molecule has 7 heteroatoms. The van der Waals surface area contributed by atoms with Crippen molar-refractivity contribution < 1.29 is 14.0 Å². The van der Waals surface area contributed by atoms with Crippen LogP contribution < -0.4 is 5.32 Å². The molecule has 1 aromatic carbocycles. The fourth-order valence-electron chi connectivity index (χ4n) is 2.37. The minimum atomic E-state index is -0.304. The van der Waals surface area contributed by atoms with E-state index in [1.54, 1.807) is 29.0 Å². The maximum Gasteiger partial charge on any atom is 0.317 e. The van der Waals surface area contributed by atoms with E-state index in [-0.39, 0.29) is 28.7 Å². The van der Waals surface area contributed by atoms with Gasteiger partial charge in [-0.25, -0.2) is 9.18 Å². The van der Waals surface area contributed by atoms with Crippen molar-refractivity contribution in [1.82, 2.24) is 15.1 Å². The van der Waals surface area contributed by atoms with Gasteiger partial charge >= 0.3 is 6.03 Å². The first-order valence-electron chi connectivity index (χ1n) is 7.87. The third-order valence-electron chi connectivity index (χ3n) is 3.63. The monoisotopic (exact) mass is 353 g/mol. The van der Waals surface area contributed by atoms with Crippen molar-refractivity contribution in [1.29, 1.82) is 0 Å². The van der Waals surface area contributed by atoms with Gasteiger partial charge in [-0.1, -0.05) is 12.1 Å². The highest BCUT2D eigenvalue weighted by molar-refractivity contribution is 8.00. The molecule has 0 bridgehead atoms. The SMILES string of the molecule is CN(CCN1C(=O)CS[C@@H]1c1ccc(F)cc1)C(=O)NC(C)(C)C. The van der Waals surface area contributed by atoms with Gasteiger partial charge in [-0.05, 0) is 38.5 Å². The van der Waals surface area contributed by atoms with E-state index < -0.39 is 0 Å². The van der Waals surface area contributed by atoms with Crippen LogP contribution in [0.25, 0.3) is 0 Å². The third kappa shape index (κ3) is 4.87. The van der Waals surface area contributed by atoms with E-state index in [9.17, 15) is 14.0 Å². The summed E-state index contributed by atoms with van der Waals surface area (Å²) in [5, 5.41) is 2.76. The Hall–Kier alpha value is -1.76. The molecule has 3 amide bonds. The summed E-state index contributed by atoms with van der Waals surface area (Å²) >= 11 is 1.52. The van der Waals surface area contributed by atoms with Crippen LogP contribution in [0.2, 0.25) is 0 Å². The van der Waals surface area contributed by atoms with Crippen LogP contribution in [0.3, 0.4) is 0 Å². The van der Waals surface area contributed by atoms with Gasteiger partial charge in [-0.2, -0.15) is 0 Å². The Labute approximate surface area is 146 Å². The molecule has 0 radical (unpaired) electrons. The lowest BCUT2D eigenvalue weighted by Crippen LogP contribution is -2.49. The minimum Gasteiger partial charge on any atom is -0.333 e. The van der Waals surface area contributed by atoms with Gasteiger partial charge in [-0.3, -0.25) is 4.79 Å². The maximum atomic E-state index is 13.1. The second kappa shape index (κ2) is 7.42. The number of carbonyl (C=O) groups is 2. The second-order valence-electron chi connectivity index (χ2n) is 6.90. The number of nitrogens with one attached hydrogen (secondary N) is 1. The summed E-state index contributed by atoms with van der Waals surface area (Å²) < 4.78 is 13.1. The Morgan fingerprint density at radius 1 is 1.38 bits per heavy atom. The number of halogens is 1. The number of likely N-dealkylation sites (N-methyl/N-ethyl adjacent to an activating group) is 1. The molecule has 0 aromatic heterocycles. The van der Waals surface area contributed by atoms with Gasteiger partial charge in [-0.15, -0.1) is 11.8 Å².